The van der Waals surface area contributed by atoms with E-state index in [1.165, 1.54) is 0 Å². The molecule has 8 heteroatoms. The Morgan fingerprint density at radius 2 is 1.59 bits per heavy atom. The third-order valence-corrected chi connectivity index (χ3v) is 11.1. The van der Waals surface area contributed by atoms with Crippen LogP contribution in [-0.4, -0.2) is 80.0 Å². The van der Waals surface area contributed by atoms with Crippen molar-refractivity contribution in [3.8, 4) is 0 Å². The molecule has 2 bridgehead atoms. The number of rotatable bonds is 13. The highest BCUT2D eigenvalue weighted by Crippen LogP contribution is 2.66. The summed E-state index contributed by atoms with van der Waals surface area (Å²) in [6.45, 7) is 23.0. The molecule has 1 spiro atoms. The number of carbonyl (C=O) groups is 3. The van der Waals surface area contributed by atoms with Crippen LogP contribution in [0.3, 0.4) is 0 Å². The topological polar surface area (TPSA) is 90.4 Å². The van der Waals surface area contributed by atoms with Crippen LogP contribution in [0.5, 0.6) is 0 Å². The van der Waals surface area contributed by atoms with Crippen molar-refractivity contribution in [2.24, 2.45) is 23.2 Å². The van der Waals surface area contributed by atoms with Gasteiger partial charge in [0.2, 0.25) is 17.7 Å². The number of carbonyl (C=O) groups excluding carboxylic acids is 3. The fourth-order valence-electron chi connectivity index (χ4n) is 9.39. The van der Waals surface area contributed by atoms with Gasteiger partial charge in [-0.15, -0.1) is 13.2 Å². The van der Waals surface area contributed by atoms with Gasteiger partial charge in [-0.25, -0.2) is 0 Å². The van der Waals surface area contributed by atoms with E-state index in [9.17, 15) is 9.90 Å². The lowest BCUT2D eigenvalue weighted by Crippen LogP contribution is -2.61. The summed E-state index contributed by atoms with van der Waals surface area (Å²) in [5.74, 6) is -2.65. The van der Waals surface area contributed by atoms with Crippen molar-refractivity contribution in [2.75, 3.05) is 19.7 Å². The quantitative estimate of drug-likeness (QED) is 0.258. The normalized spacial score (nSPS) is 28.2. The number of ether oxygens (including phenoxy) is 1. The summed E-state index contributed by atoms with van der Waals surface area (Å²) < 4.78 is 7.11. The molecule has 3 heterocycles. The lowest BCUT2D eigenvalue weighted by molar-refractivity contribution is -0.161. The third-order valence-electron chi connectivity index (χ3n) is 11.1. The summed E-state index contributed by atoms with van der Waals surface area (Å²) in [5.41, 5.74) is -1.27. The number of aliphatic hydroxyl groups is 1. The van der Waals surface area contributed by atoms with Gasteiger partial charge in [0, 0.05) is 25.2 Å². The van der Waals surface area contributed by atoms with Crippen molar-refractivity contribution in [3.05, 3.63) is 97.1 Å². The predicted molar refractivity (Wildman–Crippen MR) is 192 cm³/mol. The lowest BCUT2D eigenvalue weighted by atomic mass is 9.62. The second kappa shape index (κ2) is 13.5. The number of fused-ring (bicyclic) bond motifs is 1. The first-order valence-electron chi connectivity index (χ1n) is 17.6. The van der Waals surface area contributed by atoms with Crippen LogP contribution in [0.15, 0.2) is 86.0 Å². The van der Waals surface area contributed by atoms with E-state index in [4.69, 9.17) is 4.74 Å². The van der Waals surface area contributed by atoms with Gasteiger partial charge in [-0.1, -0.05) is 101 Å². The number of amides is 3. The zero-order valence-electron chi connectivity index (χ0n) is 30.4. The largest absolute Gasteiger partial charge is 0.394 e. The van der Waals surface area contributed by atoms with Crippen LogP contribution in [0.2, 0.25) is 0 Å². The highest BCUT2D eigenvalue weighted by Gasteiger charge is 2.80. The van der Waals surface area contributed by atoms with E-state index in [0.717, 1.165) is 5.56 Å². The Morgan fingerprint density at radius 1 is 1.00 bits per heavy atom. The summed E-state index contributed by atoms with van der Waals surface area (Å²) >= 11 is 0. The SMILES string of the molecule is C=CCN(Cc1ccccc1)C(=O)[C@H]1[C@H]2C(=O)N([C@H](CO)c3ccccc3)C(C(=O)N(CC=C)C(C)(C)CC(C)(C)C)C23CC(C)[C@]1(C)O3. The predicted octanol–water partition coefficient (Wildman–Crippen LogP) is 6.17. The molecular weight excluding hydrogens is 614 g/mol. The average molecular weight is 670 g/mol. The Hall–Kier alpha value is -3.75. The van der Waals surface area contributed by atoms with Crippen molar-refractivity contribution < 1.29 is 24.2 Å². The Bertz CT molecular complexity index is 1550. The maximum atomic E-state index is 15.4. The molecule has 8 nitrogen and oxygen atoms in total. The van der Waals surface area contributed by atoms with Crippen LogP contribution >= 0.6 is 0 Å². The minimum absolute atomic E-state index is 0.0952. The van der Waals surface area contributed by atoms with E-state index in [0.29, 0.717) is 31.5 Å². The number of hydrogen-bond donors (Lipinski definition) is 1. The van der Waals surface area contributed by atoms with E-state index in [2.05, 4.69) is 54.7 Å². The van der Waals surface area contributed by atoms with E-state index >= 15 is 9.59 Å². The Morgan fingerprint density at radius 3 is 2.14 bits per heavy atom. The van der Waals surface area contributed by atoms with E-state index in [1.807, 2.05) is 72.5 Å². The monoisotopic (exact) mass is 669 g/mol. The molecule has 3 fully saturated rings. The molecule has 7 atom stereocenters. The van der Waals surface area contributed by atoms with Gasteiger partial charge in [0.1, 0.15) is 11.6 Å². The second-order valence-electron chi connectivity index (χ2n) is 16.3. The van der Waals surface area contributed by atoms with E-state index in [1.54, 1.807) is 22.0 Å². The molecule has 0 aliphatic carbocycles. The molecule has 0 saturated carbocycles. The molecule has 3 saturated heterocycles. The van der Waals surface area contributed by atoms with Gasteiger partial charge in [-0.05, 0) is 56.1 Å². The summed E-state index contributed by atoms with van der Waals surface area (Å²) in [4.78, 5) is 50.6. The molecule has 5 rings (SSSR count). The van der Waals surface area contributed by atoms with Gasteiger partial charge >= 0.3 is 0 Å². The van der Waals surface area contributed by atoms with E-state index < -0.39 is 47.3 Å². The highest BCUT2D eigenvalue weighted by atomic mass is 16.5. The van der Waals surface area contributed by atoms with Crippen LogP contribution in [0.4, 0.5) is 0 Å². The van der Waals surface area contributed by atoms with Crippen LogP contribution in [0.1, 0.15) is 78.5 Å². The Balaban J connectivity index is 1.67. The smallest absolute Gasteiger partial charge is 0.249 e. The maximum absolute atomic E-state index is 15.4. The van der Waals surface area contributed by atoms with Crippen LogP contribution < -0.4 is 0 Å². The van der Waals surface area contributed by atoms with Crippen LogP contribution in [0.25, 0.3) is 0 Å². The van der Waals surface area contributed by atoms with Gasteiger partial charge in [-0.3, -0.25) is 14.4 Å². The number of hydrogen-bond acceptors (Lipinski definition) is 5. The maximum Gasteiger partial charge on any atom is 0.249 e. The Kier molecular flexibility index (Phi) is 10.1. The number of benzene rings is 2. The van der Waals surface area contributed by atoms with Gasteiger partial charge in [0.15, 0.2) is 0 Å². The van der Waals surface area contributed by atoms with Gasteiger partial charge in [0.05, 0.1) is 30.1 Å². The average Bonchev–Trinajstić information content (AvgIpc) is 3.55. The van der Waals surface area contributed by atoms with Crippen LogP contribution in [-0.2, 0) is 25.7 Å². The van der Waals surface area contributed by atoms with E-state index in [-0.39, 0.29) is 35.6 Å². The molecule has 3 unspecified atom stereocenters. The molecule has 2 aromatic carbocycles. The van der Waals surface area contributed by atoms with Crippen LogP contribution in [0, 0.1) is 23.2 Å². The standard InChI is InChI=1S/C41H55N3O5/c1-10-22-42(25-29-18-14-12-15-19-29)35(46)32-33-36(47)44(31(26-45)30-20-16-13-17-21-30)34(41(33)24-28(3)40(32,9)49-41)37(48)43(23-11-2)39(7,8)27-38(4,5)6/h10-21,28,31-34,45H,1-2,22-27H2,3-9H3/t28?,31-,32-,33+,34?,40+,41?/m1/s1. The summed E-state index contributed by atoms with van der Waals surface area (Å²) in [6, 6.07) is 17.2. The molecule has 1 N–H and O–H groups in total. The fraction of sp³-hybridized carbons (Fsp3) is 0.537. The van der Waals surface area contributed by atoms with Crippen molar-refractivity contribution in [1.82, 2.24) is 14.7 Å². The second-order valence-corrected chi connectivity index (χ2v) is 16.3. The molecule has 0 radical (unpaired) electrons. The van der Waals surface area contributed by atoms with Gasteiger partial charge < -0.3 is 24.5 Å². The van der Waals surface area contributed by atoms with Crippen molar-refractivity contribution in [2.45, 2.75) is 96.7 Å². The van der Waals surface area contributed by atoms with Crippen molar-refractivity contribution >= 4 is 17.7 Å². The zero-order valence-corrected chi connectivity index (χ0v) is 30.4. The minimum Gasteiger partial charge on any atom is -0.394 e. The fourth-order valence-corrected chi connectivity index (χ4v) is 9.39. The molecule has 264 valence electrons. The molecule has 3 aliphatic heterocycles. The molecule has 49 heavy (non-hydrogen) atoms. The lowest BCUT2D eigenvalue weighted by Gasteiger charge is -2.46. The van der Waals surface area contributed by atoms with Crippen molar-refractivity contribution in [3.63, 3.8) is 0 Å². The molecular formula is C41H55N3O5. The highest BCUT2D eigenvalue weighted by molar-refractivity contribution is 6.00. The van der Waals surface area contributed by atoms with Crippen molar-refractivity contribution in [1.29, 1.82) is 0 Å². The first kappa shape index (κ1) is 36.5. The number of likely N-dealkylation sites (tertiary alicyclic amines) is 1. The molecule has 0 aromatic heterocycles. The summed E-state index contributed by atoms with van der Waals surface area (Å²) in [5, 5.41) is 11.0. The molecule has 3 aliphatic rings. The zero-order chi connectivity index (χ0) is 35.9. The molecule has 2 aromatic rings. The first-order chi connectivity index (χ1) is 23.1. The molecule has 3 amide bonds. The number of aliphatic hydroxyl groups excluding tert-OH is 1. The Labute approximate surface area is 292 Å². The third kappa shape index (κ3) is 6.38. The number of nitrogens with zero attached hydrogens (tertiary/aromatic N) is 3. The van der Waals surface area contributed by atoms with Gasteiger partial charge in [-0.2, -0.15) is 0 Å². The summed E-state index contributed by atoms with van der Waals surface area (Å²) in [7, 11) is 0. The van der Waals surface area contributed by atoms with Gasteiger partial charge in [0.25, 0.3) is 0 Å². The first-order valence-corrected chi connectivity index (χ1v) is 17.6. The minimum atomic E-state index is -1.27. The summed E-state index contributed by atoms with van der Waals surface area (Å²) in [6.07, 6.45) is 4.56.